The van der Waals surface area contributed by atoms with Gasteiger partial charge in [-0.15, -0.1) is 0 Å². The molecule has 0 aliphatic carbocycles. The maximum Gasteiger partial charge on any atom is 0.321 e. The van der Waals surface area contributed by atoms with Crippen molar-refractivity contribution >= 4 is 17.7 Å². The number of amides is 2. The van der Waals surface area contributed by atoms with Crippen molar-refractivity contribution in [1.29, 1.82) is 0 Å². The van der Waals surface area contributed by atoms with Gasteiger partial charge in [-0.1, -0.05) is 17.7 Å². The first-order chi connectivity index (χ1) is 10.0. The van der Waals surface area contributed by atoms with Crippen LogP contribution in [0.2, 0.25) is 0 Å². The number of aliphatic carboxylic acids is 1. The average Bonchev–Trinajstić information content (AvgIpc) is 2.66. The fourth-order valence-corrected chi connectivity index (χ4v) is 2.36. The van der Waals surface area contributed by atoms with Crippen LogP contribution in [-0.2, 0) is 4.79 Å². The van der Waals surface area contributed by atoms with Crippen molar-refractivity contribution in [1.82, 2.24) is 9.80 Å². The summed E-state index contributed by atoms with van der Waals surface area (Å²) in [4.78, 5) is 26.5. The van der Waals surface area contributed by atoms with Crippen molar-refractivity contribution in [2.24, 2.45) is 0 Å². The van der Waals surface area contributed by atoms with Crippen molar-refractivity contribution in [2.45, 2.75) is 13.3 Å². The van der Waals surface area contributed by atoms with Crippen molar-refractivity contribution in [3.8, 4) is 0 Å². The molecule has 1 aliphatic heterocycles. The Morgan fingerprint density at radius 1 is 1.14 bits per heavy atom. The fraction of sp³-hybridized carbons (Fsp3) is 0.467. The lowest BCUT2D eigenvalue weighted by atomic mass is 10.2. The predicted octanol–water partition coefficient (Wildman–Crippen LogP) is 1.62. The Hall–Kier alpha value is -2.08. The summed E-state index contributed by atoms with van der Waals surface area (Å²) >= 11 is 0. The molecule has 6 heteroatoms. The van der Waals surface area contributed by atoms with Crippen molar-refractivity contribution < 1.29 is 14.7 Å². The van der Waals surface area contributed by atoms with Gasteiger partial charge >= 0.3 is 12.0 Å². The van der Waals surface area contributed by atoms with Crippen LogP contribution in [0.25, 0.3) is 0 Å². The van der Waals surface area contributed by atoms with Crippen LogP contribution in [0, 0.1) is 6.92 Å². The van der Waals surface area contributed by atoms with Gasteiger partial charge in [0, 0.05) is 31.9 Å². The van der Waals surface area contributed by atoms with E-state index in [0.717, 1.165) is 17.7 Å². The Morgan fingerprint density at radius 3 is 2.52 bits per heavy atom. The van der Waals surface area contributed by atoms with E-state index in [1.807, 2.05) is 36.1 Å². The summed E-state index contributed by atoms with van der Waals surface area (Å²) in [6.07, 6.45) is 0.786. The van der Waals surface area contributed by atoms with Gasteiger partial charge in [0.05, 0.1) is 6.54 Å². The van der Waals surface area contributed by atoms with Gasteiger partial charge in [-0.25, -0.2) is 4.79 Å². The second-order valence-electron chi connectivity index (χ2n) is 5.31. The van der Waals surface area contributed by atoms with Gasteiger partial charge < -0.3 is 15.3 Å². The van der Waals surface area contributed by atoms with E-state index >= 15 is 0 Å². The smallest absolute Gasteiger partial charge is 0.321 e. The Bertz CT molecular complexity index is 501. The molecule has 2 amide bonds. The molecule has 2 N–H and O–H groups in total. The highest BCUT2D eigenvalue weighted by molar-refractivity contribution is 5.89. The third kappa shape index (κ3) is 4.75. The molecule has 1 aromatic carbocycles. The van der Waals surface area contributed by atoms with Gasteiger partial charge in [0.1, 0.15) is 0 Å². The molecule has 1 aliphatic rings. The van der Waals surface area contributed by atoms with E-state index in [1.165, 1.54) is 0 Å². The molecular formula is C15H21N3O3. The Morgan fingerprint density at radius 2 is 1.86 bits per heavy atom. The molecule has 6 nitrogen and oxygen atoms in total. The molecule has 1 saturated heterocycles. The van der Waals surface area contributed by atoms with E-state index in [9.17, 15) is 9.59 Å². The minimum atomic E-state index is -0.826. The number of carboxylic acid groups (broad SMARTS) is 1. The fourth-order valence-electron chi connectivity index (χ4n) is 2.36. The summed E-state index contributed by atoms with van der Waals surface area (Å²) in [7, 11) is 0. The molecule has 1 aromatic rings. The summed E-state index contributed by atoms with van der Waals surface area (Å²) < 4.78 is 0. The number of nitrogens with zero attached hydrogens (tertiary/aromatic N) is 2. The van der Waals surface area contributed by atoms with E-state index in [2.05, 4.69) is 5.32 Å². The summed E-state index contributed by atoms with van der Waals surface area (Å²) in [5, 5.41) is 11.7. The van der Waals surface area contributed by atoms with Gasteiger partial charge in [0.15, 0.2) is 0 Å². The van der Waals surface area contributed by atoms with Crippen molar-refractivity contribution in [2.75, 3.05) is 38.0 Å². The molecule has 0 atom stereocenters. The van der Waals surface area contributed by atoms with Crippen molar-refractivity contribution in [3.05, 3.63) is 29.8 Å². The van der Waals surface area contributed by atoms with Gasteiger partial charge in [-0.2, -0.15) is 0 Å². The van der Waals surface area contributed by atoms with Crippen LogP contribution >= 0.6 is 0 Å². The second kappa shape index (κ2) is 7.08. The molecule has 21 heavy (non-hydrogen) atoms. The van der Waals surface area contributed by atoms with Crippen LogP contribution in [0.15, 0.2) is 24.3 Å². The zero-order valence-corrected chi connectivity index (χ0v) is 12.2. The van der Waals surface area contributed by atoms with Gasteiger partial charge in [-0.05, 0) is 25.5 Å². The lowest BCUT2D eigenvalue weighted by Gasteiger charge is -2.21. The predicted molar refractivity (Wildman–Crippen MR) is 80.5 cm³/mol. The van der Waals surface area contributed by atoms with E-state index < -0.39 is 5.97 Å². The van der Waals surface area contributed by atoms with E-state index in [0.29, 0.717) is 26.2 Å². The topological polar surface area (TPSA) is 72.9 Å². The lowest BCUT2D eigenvalue weighted by molar-refractivity contribution is -0.138. The number of benzene rings is 1. The van der Waals surface area contributed by atoms with E-state index in [4.69, 9.17) is 5.11 Å². The highest BCUT2D eigenvalue weighted by Crippen LogP contribution is 2.11. The molecule has 0 saturated carbocycles. The number of hydrogen-bond donors (Lipinski definition) is 2. The number of aryl methyl sites for hydroxylation is 1. The number of hydrogen-bond acceptors (Lipinski definition) is 3. The largest absolute Gasteiger partial charge is 0.480 e. The Labute approximate surface area is 124 Å². The maximum atomic E-state index is 12.2. The number of carbonyl (C=O) groups is 2. The SMILES string of the molecule is Cc1ccc(NC(=O)N2CCCN(CC(=O)O)CC2)cc1. The monoisotopic (exact) mass is 291 g/mol. The standard InChI is InChI=1S/C15H21N3O3/c1-12-3-5-13(6-4-12)16-15(21)18-8-2-7-17(9-10-18)11-14(19)20/h3-6H,2,7-11H2,1H3,(H,16,21)(H,19,20). The molecule has 1 fully saturated rings. The number of carbonyl (C=O) groups excluding carboxylic acids is 1. The van der Waals surface area contributed by atoms with Crippen LogP contribution in [0.4, 0.5) is 10.5 Å². The zero-order chi connectivity index (χ0) is 15.2. The first-order valence-corrected chi connectivity index (χ1v) is 7.11. The third-order valence-electron chi connectivity index (χ3n) is 3.54. The lowest BCUT2D eigenvalue weighted by Crippen LogP contribution is -2.38. The summed E-state index contributed by atoms with van der Waals surface area (Å²) in [5.74, 6) is -0.826. The van der Waals surface area contributed by atoms with Gasteiger partial charge in [-0.3, -0.25) is 9.69 Å². The molecule has 0 unspecified atom stereocenters. The number of anilines is 1. The maximum absolute atomic E-state index is 12.2. The molecule has 1 heterocycles. The highest BCUT2D eigenvalue weighted by atomic mass is 16.4. The minimum absolute atomic E-state index is 0.0351. The van der Waals surface area contributed by atoms with E-state index in [1.54, 1.807) is 4.90 Å². The van der Waals surface area contributed by atoms with Crippen LogP contribution in [0.3, 0.4) is 0 Å². The molecule has 0 spiro atoms. The van der Waals surface area contributed by atoms with Crippen LogP contribution in [0.5, 0.6) is 0 Å². The number of rotatable bonds is 3. The van der Waals surface area contributed by atoms with E-state index in [-0.39, 0.29) is 12.6 Å². The Balaban J connectivity index is 1.88. The van der Waals surface area contributed by atoms with Crippen LogP contribution < -0.4 is 5.32 Å². The minimum Gasteiger partial charge on any atom is -0.480 e. The first-order valence-electron chi connectivity index (χ1n) is 7.11. The molecule has 0 radical (unpaired) electrons. The van der Waals surface area contributed by atoms with Crippen LogP contribution in [-0.4, -0.2) is 59.6 Å². The third-order valence-corrected chi connectivity index (χ3v) is 3.54. The van der Waals surface area contributed by atoms with Crippen molar-refractivity contribution in [3.63, 3.8) is 0 Å². The normalized spacial score (nSPS) is 16.3. The first kappa shape index (κ1) is 15.3. The second-order valence-corrected chi connectivity index (χ2v) is 5.31. The Kier molecular flexibility index (Phi) is 5.16. The highest BCUT2D eigenvalue weighted by Gasteiger charge is 2.20. The number of urea groups is 1. The molecule has 0 aromatic heterocycles. The molecule has 2 rings (SSSR count). The average molecular weight is 291 g/mol. The number of carboxylic acids is 1. The molecule has 0 bridgehead atoms. The zero-order valence-electron chi connectivity index (χ0n) is 12.2. The van der Waals surface area contributed by atoms with Gasteiger partial charge in [0.2, 0.25) is 0 Å². The summed E-state index contributed by atoms with van der Waals surface area (Å²) in [5.41, 5.74) is 1.92. The molecular weight excluding hydrogens is 270 g/mol. The summed E-state index contributed by atoms with van der Waals surface area (Å²) in [6, 6.07) is 7.53. The molecule has 114 valence electrons. The van der Waals surface area contributed by atoms with Crippen LogP contribution in [0.1, 0.15) is 12.0 Å². The number of nitrogens with one attached hydrogen (secondary N) is 1. The quantitative estimate of drug-likeness (QED) is 0.887. The summed E-state index contributed by atoms with van der Waals surface area (Å²) in [6.45, 7) is 4.53. The van der Waals surface area contributed by atoms with Gasteiger partial charge in [0.25, 0.3) is 0 Å².